The monoisotopic (exact) mass is 813 g/mol. The van der Waals surface area contributed by atoms with Crippen molar-refractivity contribution >= 4 is 11.8 Å². The molecule has 0 fully saturated rings. The average Bonchev–Trinajstić information content (AvgIpc) is 3.27. The summed E-state index contributed by atoms with van der Waals surface area (Å²) in [7, 11) is 1.00. The van der Waals surface area contributed by atoms with Crippen LogP contribution in [0.15, 0.2) is 115 Å². The number of aliphatic hydroxyl groups is 1. The standard InChI is InChI=1S/C55H47N3O2.CH4O/c1-28-20-38-44(24-32(28)5)54(42-16-11-9-14-36(42)50(38)39-21-29(2)33(6)25-45(39)54)57-52(59)48-18-13-19-49(56-48)53(60)58-55-43-17-12-10-15-37(43)51(40-22-30(3)34(7)26-46(40)55)41-23-31(4)35(8)27-47(41)55;1-2/h9-27,50-51H,1-8H3,(H,57,59)(H,58,60);2H,1H3. The summed E-state index contributed by atoms with van der Waals surface area (Å²) >= 11 is 0. The predicted molar refractivity (Wildman–Crippen MR) is 246 cm³/mol. The zero-order valence-electron chi connectivity index (χ0n) is 36.8. The van der Waals surface area contributed by atoms with E-state index in [1.807, 2.05) is 0 Å². The van der Waals surface area contributed by atoms with E-state index in [0.29, 0.717) is 0 Å². The average molecular weight is 814 g/mol. The van der Waals surface area contributed by atoms with Gasteiger partial charge in [0, 0.05) is 18.9 Å². The van der Waals surface area contributed by atoms with Crippen LogP contribution < -0.4 is 10.6 Å². The quantitative estimate of drug-likeness (QED) is 0.165. The van der Waals surface area contributed by atoms with Crippen LogP contribution in [0.1, 0.15) is 144 Å². The van der Waals surface area contributed by atoms with Crippen LogP contribution in [0.5, 0.6) is 0 Å². The first kappa shape index (κ1) is 39.5. The van der Waals surface area contributed by atoms with Gasteiger partial charge in [-0.15, -0.1) is 0 Å². The zero-order valence-corrected chi connectivity index (χ0v) is 36.8. The molecule has 0 saturated carbocycles. The zero-order chi connectivity index (χ0) is 43.6. The fourth-order valence-corrected chi connectivity index (χ4v) is 11.2. The minimum absolute atomic E-state index is 0.0590. The number of amides is 2. The number of carbonyl (C=O) groups is 2. The van der Waals surface area contributed by atoms with E-state index in [9.17, 15) is 0 Å². The highest BCUT2D eigenvalue weighted by Gasteiger charge is 2.55. The van der Waals surface area contributed by atoms with Gasteiger partial charge in [0.05, 0.1) is 0 Å². The number of nitrogens with one attached hydrogen (secondary N) is 2. The maximum absolute atomic E-state index is 15.0. The minimum Gasteiger partial charge on any atom is -0.400 e. The molecule has 7 aromatic rings. The summed E-state index contributed by atoms with van der Waals surface area (Å²) in [6, 6.07) is 40.6. The molecule has 0 unspecified atom stereocenters. The highest BCUT2D eigenvalue weighted by Crippen LogP contribution is 2.60. The van der Waals surface area contributed by atoms with Crippen LogP contribution in [0.4, 0.5) is 0 Å². The Hall–Kier alpha value is -6.63. The summed E-state index contributed by atoms with van der Waals surface area (Å²) in [5, 5.41) is 14.2. The van der Waals surface area contributed by atoms with Crippen LogP contribution in [-0.4, -0.2) is 29.0 Å². The number of carbonyl (C=O) groups excluding carboxylic acids is 2. The summed E-state index contributed by atoms with van der Waals surface area (Å²) in [5.41, 5.74) is 21.8. The Labute approximate surface area is 364 Å². The van der Waals surface area contributed by atoms with Crippen molar-refractivity contribution in [1.29, 1.82) is 0 Å². The van der Waals surface area contributed by atoms with Gasteiger partial charge < -0.3 is 15.7 Å². The Balaban J connectivity index is 0.00000226. The molecule has 4 bridgehead atoms. The molecule has 2 amide bonds. The molecule has 13 rings (SSSR count). The molecule has 0 atom stereocenters. The molecule has 3 N–H and O–H groups in total. The number of pyridine rings is 1. The highest BCUT2D eigenvalue weighted by molar-refractivity contribution is 5.99. The number of aromatic nitrogens is 1. The summed E-state index contributed by atoms with van der Waals surface area (Å²) in [6.45, 7) is 17.2. The molecule has 0 aliphatic heterocycles. The van der Waals surface area contributed by atoms with Crippen molar-refractivity contribution in [3.8, 4) is 0 Å². The number of hydrogen-bond acceptors (Lipinski definition) is 4. The molecular formula is C56H51N3O3. The second-order valence-corrected chi connectivity index (χ2v) is 18.0. The summed E-state index contributed by atoms with van der Waals surface area (Å²) in [6.07, 6.45) is 0. The molecule has 0 radical (unpaired) electrons. The van der Waals surface area contributed by atoms with Crippen LogP contribution in [-0.2, 0) is 11.1 Å². The minimum atomic E-state index is -0.966. The van der Waals surface area contributed by atoms with Crippen LogP contribution in [0.2, 0.25) is 0 Å². The lowest BCUT2D eigenvalue weighted by Gasteiger charge is -2.51. The number of aryl methyl sites for hydroxylation is 8. The van der Waals surface area contributed by atoms with Crippen molar-refractivity contribution in [3.05, 3.63) is 238 Å². The number of aliphatic hydroxyl groups excluding tert-OH is 1. The molecule has 6 aliphatic carbocycles. The first-order valence-corrected chi connectivity index (χ1v) is 21.6. The number of hydrogen-bond donors (Lipinski definition) is 3. The fraction of sp³-hybridized carbons (Fsp3) is 0.232. The van der Waals surface area contributed by atoms with Gasteiger partial charge >= 0.3 is 0 Å². The van der Waals surface area contributed by atoms with Crippen molar-refractivity contribution < 1.29 is 14.7 Å². The molecule has 6 aliphatic rings. The van der Waals surface area contributed by atoms with Gasteiger partial charge in [-0.3, -0.25) is 9.59 Å². The van der Waals surface area contributed by atoms with Crippen LogP contribution in [0, 0.1) is 55.4 Å². The molecule has 62 heavy (non-hydrogen) atoms. The first-order chi connectivity index (χ1) is 29.8. The van der Waals surface area contributed by atoms with Gasteiger partial charge in [0.1, 0.15) is 22.5 Å². The van der Waals surface area contributed by atoms with E-state index in [-0.39, 0.29) is 35.0 Å². The number of rotatable bonds is 4. The SMILES string of the molecule is CO.Cc1cc2c(cc1C)C1(NC(=O)c3cccc(C(=O)NC45c6ccccc6C(c6cc(C)c(C)cc64)c4cc(C)c(C)cc45)n3)c3ccccc3C2c2cc(C)c(C)cc21. The third-order valence-electron chi connectivity index (χ3n) is 14.7. The van der Waals surface area contributed by atoms with Gasteiger partial charge in [0.25, 0.3) is 11.8 Å². The number of nitrogens with zero attached hydrogens (tertiary/aromatic N) is 1. The van der Waals surface area contributed by atoms with Crippen LogP contribution in [0.3, 0.4) is 0 Å². The van der Waals surface area contributed by atoms with Crippen LogP contribution in [0.25, 0.3) is 0 Å². The molecular weight excluding hydrogens is 763 g/mol. The van der Waals surface area contributed by atoms with E-state index < -0.39 is 11.1 Å². The third-order valence-corrected chi connectivity index (χ3v) is 14.7. The predicted octanol–water partition coefficient (Wildman–Crippen LogP) is 10.2. The van der Waals surface area contributed by atoms with E-state index in [1.165, 1.54) is 77.9 Å². The molecule has 1 aromatic heterocycles. The lowest BCUT2D eigenvalue weighted by Crippen LogP contribution is -2.55. The number of benzene rings is 6. The molecule has 6 nitrogen and oxygen atoms in total. The summed E-state index contributed by atoms with van der Waals surface area (Å²) in [5.74, 6) is -0.571. The Kier molecular flexibility index (Phi) is 8.89. The summed E-state index contributed by atoms with van der Waals surface area (Å²) < 4.78 is 0. The Morgan fingerprint density at radius 2 is 0.694 bits per heavy atom. The second kappa shape index (κ2) is 13.9. The molecule has 308 valence electrons. The summed E-state index contributed by atoms with van der Waals surface area (Å²) in [4.78, 5) is 35.0. The van der Waals surface area contributed by atoms with Crippen molar-refractivity contribution in [2.45, 2.75) is 78.3 Å². The highest BCUT2D eigenvalue weighted by atomic mass is 16.2. The van der Waals surface area contributed by atoms with E-state index >= 15 is 9.59 Å². The smallest absolute Gasteiger partial charge is 0.271 e. The molecule has 0 saturated heterocycles. The first-order valence-electron chi connectivity index (χ1n) is 21.6. The van der Waals surface area contributed by atoms with E-state index in [2.05, 4.69) is 163 Å². The van der Waals surface area contributed by atoms with E-state index in [0.717, 1.165) is 40.5 Å². The van der Waals surface area contributed by atoms with Crippen molar-refractivity contribution in [2.24, 2.45) is 0 Å². The Bertz CT molecular complexity index is 2780. The molecule has 6 aromatic carbocycles. The topological polar surface area (TPSA) is 91.3 Å². The lowest BCUT2D eigenvalue weighted by molar-refractivity contribution is 0.0912. The van der Waals surface area contributed by atoms with Gasteiger partial charge in [-0.2, -0.15) is 0 Å². The molecule has 1 heterocycles. The van der Waals surface area contributed by atoms with Crippen molar-refractivity contribution in [1.82, 2.24) is 15.6 Å². The Morgan fingerprint density at radius 1 is 0.403 bits per heavy atom. The normalized spacial score (nSPS) is 20.0. The second-order valence-electron chi connectivity index (χ2n) is 18.0. The Morgan fingerprint density at radius 3 is 1.02 bits per heavy atom. The van der Waals surface area contributed by atoms with Crippen molar-refractivity contribution in [3.63, 3.8) is 0 Å². The fourth-order valence-electron chi connectivity index (χ4n) is 11.2. The van der Waals surface area contributed by atoms with Gasteiger partial charge in [0.15, 0.2) is 0 Å². The maximum atomic E-state index is 15.0. The lowest BCUT2D eigenvalue weighted by atomic mass is 9.56. The third kappa shape index (κ3) is 5.23. The molecule has 6 heteroatoms. The largest absolute Gasteiger partial charge is 0.400 e. The van der Waals surface area contributed by atoms with Gasteiger partial charge in [-0.1, -0.05) is 103 Å². The van der Waals surface area contributed by atoms with Gasteiger partial charge in [-0.25, -0.2) is 4.98 Å². The van der Waals surface area contributed by atoms with E-state index in [1.54, 1.807) is 18.2 Å². The van der Waals surface area contributed by atoms with E-state index in [4.69, 9.17) is 10.1 Å². The molecule has 0 spiro atoms. The van der Waals surface area contributed by atoms with Gasteiger partial charge in [-0.05, 0) is 179 Å². The van der Waals surface area contributed by atoms with Gasteiger partial charge in [0.2, 0.25) is 0 Å². The maximum Gasteiger partial charge on any atom is 0.271 e. The van der Waals surface area contributed by atoms with Crippen LogP contribution >= 0.6 is 0 Å². The van der Waals surface area contributed by atoms with Crippen molar-refractivity contribution in [2.75, 3.05) is 7.11 Å².